The van der Waals surface area contributed by atoms with Crippen LogP contribution in [0.2, 0.25) is 0 Å². The summed E-state index contributed by atoms with van der Waals surface area (Å²) in [5, 5.41) is 3.05. The highest BCUT2D eigenvalue weighted by Crippen LogP contribution is 2.43. The van der Waals surface area contributed by atoms with Gasteiger partial charge in [0.05, 0.1) is 33.8 Å². The lowest BCUT2D eigenvalue weighted by atomic mass is 10.0. The Hall–Kier alpha value is -2.29. The van der Waals surface area contributed by atoms with Gasteiger partial charge in [-0.05, 0) is 96.0 Å². The second-order valence-electron chi connectivity index (χ2n) is 21.9. The van der Waals surface area contributed by atoms with Crippen LogP contribution >= 0.6 is 7.82 Å². The van der Waals surface area contributed by atoms with E-state index >= 15 is 0 Å². The van der Waals surface area contributed by atoms with Gasteiger partial charge in [-0.25, -0.2) is 4.57 Å². The van der Waals surface area contributed by atoms with E-state index < -0.39 is 20.0 Å². The number of ether oxygens (including phenoxy) is 1. The maximum atomic E-state index is 13.5. The molecule has 0 aromatic carbocycles. The molecule has 2 N–H and O–H groups in total. The molecule has 0 radical (unpaired) electrons. The summed E-state index contributed by atoms with van der Waals surface area (Å²) < 4.78 is 30.7. The van der Waals surface area contributed by atoms with Crippen LogP contribution < -0.4 is 5.32 Å². The fraction of sp³-hybridized carbons (Fsp3) is 0.810. The number of hydrogen-bond donors (Lipinski definition) is 2. The van der Waals surface area contributed by atoms with E-state index in [-0.39, 0.29) is 31.5 Å². The lowest BCUT2D eigenvalue weighted by Gasteiger charge is -2.27. The Kier molecular flexibility index (Phi) is 51.5. The van der Waals surface area contributed by atoms with Gasteiger partial charge in [0, 0.05) is 12.8 Å². The number of rotatable bonds is 55. The summed E-state index contributed by atoms with van der Waals surface area (Å²) in [6.07, 6.45) is 66.3. The van der Waals surface area contributed by atoms with E-state index in [2.05, 4.69) is 74.7 Å². The Labute approximate surface area is 451 Å². The summed E-state index contributed by atoms with van der Waals surface area (Å²) in [6, 6.07) is -0.860. The van der Waals surface area contributed by atoms with Crippen molar-refractivity contribution in [1.29, 1.82) is 0 Å². The molecular formula is C63H118N2O7P+. The lowest BCUT2D eigenvalue weighted by Crippen LogP contribution is -2.47. The molecule has 10 heteroatoms. The number of quaternary nitrogens is 1. The molecule has 1 amide bonds. The number of nitrogens with one attached hydrogen (secondary N) is 1. The SMILES string of the molecule is CCCCC/C=C\C/C=C\C/C=C\CCCCCCC(=O)OC(/C=C/CCCCCCCCCCCCC)C(COP(=O)(O)OCC[N+](C)(C)C)NC(=O)CCCCCCCCC/C=C/CCCCCCCC. The van der Waals surface area contributed by atoms with Crippen molar-refractivity contribution in [2.75, 3.05) is 40.9 Å². The van der Waals surface area contributed by atoms with E-state index in [1.807, 2.05) is 33.3 Å². The molecule has 3 unspecified atom stereocenters. The first-order chi connectivity index (χ1) is 35.4. The molecule has 0 heterocycles. The van der Waals surface area contributed by atoms with Crippen LogP contribution in [0.3, 0.4) is 0 Å². The number of esters is 1. The third-order valence-corrected chi connectivity index (χ3v) is 14.4. The van der Waals surface area contributed by atoms with Gasteiger partial charge < -0.3 is 19.4 Å². The summed E-state index contributed by atoms with van der Waals surface area (Å²) in [6.45, 7) is 6.98. The minimum Gasteiger partial charge on any atom is -0.456 e. The number of phosphoric acid groups is 1. The smallest absolute Gasteiger partial charge is 0.456 e. The fourth-order valence-corrected chi connectivity index (χ4v) is 9.38. The zero-order valence-electron chi connectivity index (χ0n) is 48.6. The highest BCUT2D eigenvalue weighted by Gasteiger charge is 2.30. The third kappa shape index (κ3) is 54.3. The Morgan fingerprint density at radius 2 is 0.836 bits per heavy atom. The number of hydrogen-bond acceptors (Lipinski definition) is 6. The Morgan fingerprint density at radius 3 is 1.29 bits per heavy atom. The molecule has 9 nitrogen and oxygen atoms in total. The molecule has 0 saturated carbocycles. The van der Waals surface area contributed by atoms with Gasteiger partial charge in [-0.2, -0.15) is 0 Å². The summed E-state index contributed by atoms with van der Waals surface area (Å²) in [5.74, 6) is -0.531. The van der Waals surface area contributed by atoms with Gasteiger partial charge in [-0.3, -0.25) is 18.6 Å². The number of allylic oxidation sites excluding steroid dienone is 9. The average Bonchev–Trinajstić information content (AvgIpc) is 3.35. The number of carbonyl (C=O) groups excluding carboxylic acids is 2. The van der Waals surface area contributed by atoms with Gasteiger partial charge in [-0.15, -0.1) is 0 Å². The van der Waals surface area contributed by atoms with Crippen LogP contribution in [0, 0.1) is 0 Å². The Balaban J connectivity index is 5.36. The van der Waals surface area contributed by atoms with Crippen molar-refractivity contribution < 1.29 is 37.3 Å². The molecule has 3 atom stereocenters. The van der Waals surface area contributed by atoms with Crippen LogP contribution in [-0.2, 0) is 27.9 Å². The van der Waals surface area contributed by atoms with E-state index in [1.165, 1.54) is 148 Å². The van der Waals surface area contributed by atoms with Gasteiger partial charge in [0.1, 0.15) is 19.3 Å². The second-order valence-corrected chi connectivity index (χ2v) is 23.3. The van der Waals surface area contributed by atoms with E-state index in [1.54, 1.807) is 0 Å². The summed E-state index contributed by atoms with van der Waals surface area (Å²) in [7, 11) is 1.48. The van der Waals surface area contributed by atoms with Crippen molar-refractivity contribution >= 4 is 19.7 Å². The first-order valence-corrected chi connectivity index (χ1v) is 32.1. The van der Waals surface area contributed by atoms with Gasteiger partial charge in [-0.1, -0.05) is 230 Å². The number of phosphoric ester groups is 1. The van der Waals surface area contributed by atoms with Crippen LogP contribution in [0.1, 0.15) is 278 Å². The van der Waals surface area contributed by atoms with Crippen molar-refractivity contribution in [2.45, 2.75) is 290 Å². The largest absolute Gasteiger partial charge is 0.472 e. The highest BCUT2D eigenvalue weighted by molar-refractivity contribution is 7.47. The third-order valence-electron chi connectivity index (χ3n) is 13.4. The lowest BCUT2D eigenvalue weighted by molar-refractivity contribution is -0.870. The minimum absolute atomic E-state index is 0.0347. The van der Waals surface area contributed by atoms with Crippen molar-refractivity contribution in [1.82, 2.24) is 5.32 Å². The van der Waals surface area contributed by atoms with Crippen molar-refractivity contribution in [3.63, 3.8) is 0 Å². The number of nitrogens with zero attached hydrogens (tertiary/aromatic N) is 1. The van der Waals surface area contributed by atoms with Crippen LogP contribution in [0.15, 0.2) is 60.8 Å². The van der Waals surface area contributed by atoms with Crippen LogP contribution in [0.5, 0.6) is 0 Å². The van der Waals surface area contributed by atoms with E-state index in [0.29, 0.717) is 23.9 Å². The first kappa shape index (κ1) is 70.7. The number of unbranched alkanes of at least 4 members (excludes halogenated alkanes) is 31. The number of likely N-dealkylation sites (N-methyl/N-ethyl adjacent to an activating group) is 1. The topological polar surface area (TPSA) is 111 Å². The van der Waals surface area contributed by atoms with Crippen molar-refractivity contribution in [3.8, 4) is 0 Å². The minimum atomic E-state index is -4.45. The molecule has 0 aliphatic heterocycles. The molecule has 0 rings (SSSR count). The van der Waals surface area contributed by atoms with Gasteiger partial charge in [0.2, 0.25) is 5.91 Å². The monoisotopic (exact) mass is 1050 g/mol. The second kappa shape index (κ2) is 53.1. The first-order valence-electron chi connectivity index (χ1n) is 30.6. The van der Waals surface area contributed by atoms with Gasteiger partial charge in [0.15, 0.2) is 0 Å². The van der Waals surface area contributed by atoms with E-state index in [9.17, 15) is 19.0 Å². The number of carbonyl (C=O) groups is 2. The van der Waals surface area contributed by atoms with Gasteiger partial charge in [0.25, 0.3) is 0 Å². The van der Waals surface area contributed by atoms with E-state index in [0.717, 1.165) is 89.9 Å². The molecule has 0 fully saturated rings. The quantitative estimate of drug-likeness (QED) is 0.0205. The van der Waals surface area contributed by atoms with Crippen molar-refractivity contribution in [2.24, 2.45) is 0 Å². The zero-order chi connectivity index (χ0) is 53.6. The molecular weight excluding hydrogens is 928 g/mol. The molecule has 0 bridgehead atoms. The van der Waals surface area contributed by atoms with Crippen LogP contribution in [0.25, 0.3) is 0 Å². The summed E-state index contributed by atoms with van der Waals surface area (Å²) >= 11 is 0. The maximum Gasteiger partial charge on any atom is 0.472 e. The zero-order valence-corrected chi connectivity index (χ0v) is 49.5. The molecule has 73 heavy (non-hydrogen) atoms. The standard InChI is InChI=1S/C63H117N2O7P/c1-7-10-13-16-19-22-25-28-30-32-34-37-40-43-46-49-52-55-62(66)64-60(59-71-73(68,69)70-58-57-65(4,5)6)61(54-51-48-45-42-39-36-27-24-21-18-15-12-9-3)72-63(67)56-53-50-47-44-41-38-35-33-31-29-26-23-20-17-14-11-8-2/h20,23,28-31,35,38,51,54,60-61H,7-19,21-22,24-27,32-34,36-37,39-50,52-53,55-59H2,1-6H3,(H-,64,66,68,69)/p+1/b23-20-,30-28+,31-29-,38-35-,54-51+. The molecule has 0 aromatic rings. The number of amides is 1. The molecule has 0 spiro atoms. The summed E-state index contributed by atoms with van der Waals surface area (Å²) in [4.78, 5) is 37.7. The van der Waals surface area contributed by atoms with E-state index in [4.69, 9.17) is 13.8 Å². The Morgan fingerprint density at radius 1 is 0.479 bits per heavy atom. The molecule has 0 aromatic heterocycles. The van der Waals surface area contributed by atoms with Crippen LogP contribution in [0.4, 0.5) is 0 Å². The van der Waals surface area contributed by atoms with Crippen LogP contribution in [-0.4, -0.2) is 74.3 Å². The summed E-state index contributed by atoms with van der Waals surface area (Å²) in [5.41, 5.74) is 0. The fourth-order valence-electron chi connectivity index (χ4n) is 8.65. The molecule has 426 valence electrons. The normalized spacial score (nSPS) is 14.1. The molecule has 0 aliphatic rings. The Bertz CT molecular complexity index is 1440. The maximum absolute atomic E-state index is 13.5. The highest BCUT2D eigenvalue weighted by atomic mass is 31.2. The predicted molar refractivity (Wildman–Crippen MR) is 314 cm³/mol. The van der Waals surface area contributed by atoms with Gasteiger partial charge >= 0.3 is 13.8 Å². The van der Waals surface area contributed by atoms with Crippen molar-refractivity contribution in [3.05, 3.63) is 60.8 Å². The molecule has 0 saturated heterocycles. The average molecular weight is 1050 g/mol. The predicted octanol–water partition coefficient (Wildman–Crippen LogP) is 18.7. The molecule has 0 aliphatic carbocycles.